The molecule has 2 aromatic rings. The van der Waals surface area contributed by atoms with Crippen molar-refractivity contribution in [1.82, 2.24) is 15.0 Å². The third-order valence-electron chi connectivity index (χ3n) is 2.09. The van der Waals surface area contributed by atoms with E-state index in [9.17, 15) is 12.8 Å². The molecule has 0 saturated heterocycles. The van der Waals surface area contributed by atoms with Gasteiger partial charge in [-0.2, -0.15) is 9.37 Å². The molecule has 2 aromatic heterocycles. The standard InChI is InChI=1S/C9H8FN5O2S/c10-6-2-4-13-8(15-6)5-1-3-14-9(7(5)11)18(12,16)17/h1-4H,11H2,(H2,12,16,17). The third kappa shape index (κ3) is 2.26. The van der Waals surface area contributed by atoms with E-state index in [2.05, 4.69) is 15.0 Å². The van der Waals surface area contributed by atoms with Crippen LogP contribution in [0.1, 0.15) is 0 Å². The normalized spacial score (nSPS) is 11.4. The van der Waals surface area contributed by atoms with Crippen LogP contribution < -0.4 is 10.9 Å². The summed E-state index contributed by atoms with van der Waals surface area (Å²) >= 11 is 0. The van der Waals surface area contributed by atoms with Gasteiger partial charge in [-0.25, -0.2) is 23.5 Å². The summed E-state index contributed by atoms with van der Waals surface area (Å²) in [7, 11) is -4.06. The second-order valence-corrected chi connectivity index (χ2v) is 4.80. The van der Waals surface area contributed by atoms with E-state index in [0.717, 1.165) is 6.07 Å². The number of hydrogen-bond donors (Lipinski definition) is 2. The molecule has 9 heteroatoms. The fourth-order valence-electron chi connectivity index (χ4n) is 1.34. The number of pyridine rings is 1. The zero-order valence-electron chi connectivity index (χ0n) is 8.91. The molecule has 0 aliphatic heterocycles. The number of hydrogen-bond acceptors (Lipinski definition) is 6. The fraction of sp³-hybridized carbons (Fsp3) is 0. The average Bonchev–Trinajstić information content (AvgIpc) is 2.27. The predicted octanol–water partition coefficient (Wildman–Crippen LogP) is -0.0927. The van der Waals surface area contributed by atoms with E-state index < -0.39 is 21.0 Å². The Balaban J connectivity index is 2.67. The number of halogens is 1. The van der Waals surface area contributed by atoms with Crippen molar-refractivity contribution in [2.45, 2.75) is 5.03 Å². The number of nitrogen functional groups attached to an aromatic ring is 1. The summed E-state index contributed by atoms with van der Waals surface area (Å²) < 4.78 is 35.4. The fourth-order valence-corrected chi connectivity index (χ4v) is 1.97. The van der Waals surface area contributed by atoms with E-state index in [-0.39, 0.29) is 17.1 Å². The van der Waals surface area contributed by atoms with Gasteiger partial charge in [0.15, 0.2) is 10.9 Å². The first-order valence-electron chi connectivity index (χ1n) is 4.66. The maximum atomic E-state index is 13.0. The highest BCUT2D eigenvalue weighted by atomic mass is 32.2. The van der Waals surface area contributed by atoms with Gasteiger partial charge < -0.3 is 5.73 Å². The summed E-state index contributed by atoms with van der Waals surface area (Å²) in [5.74, 6) is -0.798. The quantitative estimate of drug-likeness (QED) is 0.734. The van der Waals surface area contributed by atoms with Crippen LogP contribution in [-0.4, -0.2) is 23.4 Å². The lowest BCUT2D eigenvalue weighted by atomic mass is 10.2. The Hall–Kier alpha value is -2.13. The van der Waals surface area contributed by atoms with Gasteiger partial charge in [-0.15, -0.1) is 0 Å². The van der Waals surface area contributed by atoms with Crippen LogP contribution in [0.3, 0.4) is 0 Å². The summed E-state index contributed by atoms with van der Waals surface area (Å²) in [4.78, 5) is 10.9. The monoisotopic (exact) mass is 269 g/mol. The molecule has 0 saturated carbocycles. The SMILES string of the molecule is Nc1c(-c2nccc(F)n2)ccnc1S(N)(=O)=O. The van der Waals surface area contributed by atoms with Crippen molar-refractivity contribution >= 4 is 15.7 Å². The summed E-state index contributed by atoms with van der Waals surface area (Å²) in [6, 6.07) is 2.43. The van der Waals surface area contributed by atoms with E-state index >= 15 is 0 Å². The molecule has 18 heavy (non-hydrogen) atoms. The number of sulfonamides is 1. The Kier molecular flexibility index (Phi) is 2.93. The van der Waals surface area contributed by atoms with Gasteiger partial charge in [-0.1, -0.05) is 0 Å². The maximum Gasteiger partial charge on any atom is 0.257 e. The first-order chi connectivity index (χ1) is 8.39. The minimum atomic E-state index is -4.06. The van der Waals surface area contributed by atoms with Gasteiger partial charge in [0, 0.05) is 24.0 Å². The van der Waals surface area contributed by atoms with Gasteiger partial charge in [0.05, 0.1) is 5.69 Å². The van der Waals surface area contributed by atoms with Crippen LogP contribution in [0.5, 0.6) is 0 Å². The molecule has 2 rings (SSSR count). The van der Waals surface area contributed by atoms with Crippen LogP contribution >= 0.6 is 0 Å². The molecule has 0 unspecified atom stereocenters. The lowest BCUT2D eigenvalue weighted by Crippen LogP contribution is -2.16. The van der Waals surface area contributed by atoms with E-state index in [1.165, 1.54) is 18.5 Å². The van der Waals surface area contributed by atoms with Crippen molar-refractivity contribution in [2.75, 3.05) is 5.73 Å². The summed E-state index contributed by atoms with van der Waals surface area (Å²) in [6.45, 7) is 0. The van der Waals surface area contributed by atoms with Crippen molar-refractivity contribution in [2.24, 2.45) is 5.14 Å². The van der Waals surface area contributed by atoms with Gasteiger partial charge in [-0.3, -0.25) is 0 Å². The number of rotatable bonds is 2. The van der Waals surface area contributed by atoms with Gasteiger partial charge in [0.2, 0.25) is 5.95 Å². The first kappa shape index (κ1) is 12.3. The van der Waals surface area contributed by atoms with Crippen LogP contribution in [0.25, 0.3) is 11.4 Å². The smallest absolute Gasteiger partial charge is 0.257 e. The van der Waals surface area contributed by atoms with Crippen molar-refractivity contribution in [1.29, 1.82) is 0 Å². The summed E-state index contributed by atoms with van der Waals surface area (Å²) in [5.41, 5.74) is 5.56. The molecule has 0 aliphatic carbocycles. The Morgan fingerprint density at radius 2 is 1.83 bits per heavy atom. The highest BCUT2D eigenvalue weighted by Crippen LogP contribution is 2.26. The molecule has 0 radical (unpaired) electrons. The van der Waals surface area contributed by atoms with Gasteiger partial charge in [0.25, 0.3) is 10.0 Å². The van der Waals surface area contributed by atoms with Crippen molar-refractivity contribution < 1.29 is 12.8 Å². The molecule has 0 atom stereocenters. The molecule has 0 fully saturated rings. The molecular formula is C9H8FN5O2S. The predicted molar refractivity (Wildman–Crippen MR) is 61.0 cm³/mol. The zero-order valence-corrected chi connectivity index (χ0v) is 9.72. The first-order valence-corrected chi connectivity index (χ1v) is 6.20. The minimum Gasteiger partial charge on any atom is -0.396 e. The second kappa shape index (κ2) is 4.27. The largest absolute Gasteiger partial charge is 0.396 e. The molecule has 0 aliphatic rings. The lowest BCUT2D eigenvalue weighted by molar-refractivity contribution is 0.581. The topological polar surface area (TPSA) is 125 Å². The number of nitrogens with two attached hydrogens (primary N) is 2. The molecule has 0 aromatic carbocycles. The van der Waals surface area contributed by atoms with E-state index in [0.29, 0.717) is 0 Å². The average molecular weight is 269 g/mol. The number of nitrogens with zero attached hydrogens (tertiary/aromatic N) is 3. The van der Waals surface area contributed by atoms with Crippen molar-refractivity contribution in [3.05, 3.63) is 30.5 Å². The van der Waals surface area contributed by atoms with Crippen LogP contribution in [0, 0.1) is 5.95 Å². The van der Waals surface area contributed by atoms with Crippen molar-refractivity contribution in [3.63, 3.8) is 0 Å². The second-order valence-electron chi connectivity index (χ2n) is 3.33. The summed E-state index contributed by atoms with van der Waals surface area (Å²) in [5, 5.41) is 4.46. The molecule has 7 nitrogen and oxygen atoms in total. The molecule has 4 N–H and O–H groups in total. The van der Waals surface area contributed by atoms with Gasteiger partial charge in [-0.05, 0) is 6.07 Å². The van der Waals surface area contributed by atoms with Crippen LogP contribution in [-0.2, 0) is 10.0 Å². The molecule has 0 bridgehead atoms. The Morgan fingerprint density at radius 3 is 2.44 bits per heavy atom. The van der Waals surface area contributed by atoms with Crippen LogP contribution in [0.4, 0.5) is 10.1 Å². The third-order valence-corrected chi connectivity index (χ3v) is 2.95. The zero-order chi connectivity index (χ0) is 13.3. The summed E-state index contributed by atoms with van der Waals surface area (Å²) in [6.07, 6.45) is 2.37. The minimum absolute atomic E-state index is 0.0419. The highest BCUT2D eigenvalue weighted by Gasteiger charge is 2.18. The van der Waals surface area contributed by atoms with E-state index in [1.807, 2.05) is 0 Å². The van der Waals surface area contributed by atoms with Crippen molar-refractivity contribution in [3.8, 4) is 11.4 Å². The number of anilines is 1. The molecular weight excluding hydrogens is 261 g/mol. The molecule has 0 spiro atoms. The molecule has 0 amide bonds. The van der Waals surface area contributed by atoms with E-state index in [1.54, 1.807) is 0 Å². The van der Waals surface area contributed by atoms with Crippen LogP contribution in [0.2, 0.25) is 0 Å². The Bertz CT molecular complexity index is 704. The Morgan fingerprint density at radius 1 is 1.17 bits per heavy atom. The molecule has 2 heterocycles. The number of aromatic nitrogens is 3. The van der Waals surface area contributed by atoms with Gasteiger partial charge >= 0.3 is 0 Å². The van der Waals surface area contributed by atoms with Crippen LogP contribution in [0.15, 0.2) is 29.6 Å². The van der Waals surface area contributed by atoms with E-state index in [4.69, 9.17) is 10.9 Å². The maximum absolute atomic E-state index is 13.0. The lowest BCUT2D eigenvalue weighted by Gasteiger charge is -2.07. The van der Waals surface area contributed by atoms with Gasteiger partial charge in [0.1, 0.15) is 0 Å². The number of primary sulfonamides is 1. The molecule has 94 valence electrons. The Labute approximate surface area is 102 Å². The highest BCUT2D eigenvalue weighted by molar-refractivity contribution is 7.89.